The number of nitrogens with zero attached hydrogens (tertiary/aromatic N) is 1. The molecule has 1 saturated carbocycles. The largest absolute Gasteiger partial charge is 0.321 e. The quantitative estimate of drug-likeness (QED) is 0.910. The Morgan fingerprint density at radius 3 is 2.89 bits per heavy atom. The average Bonchev–Trinajstić information content (AvgIpc) is 3.08. The van der Waals surface area contributed by atoms with Gasteiger partial charge in [-0.05, 0) is 37.0 Å². The maximum Gasteiger partial charge on any atom is 0.244 e. The molecule has 96 valence electrons. The van der Waals surface area contributed by atoms with Crippen molar-refractivity contribution in [3.05, 3.63) is 34.9 Å². The first kappa shape index (κ1) is 12.0. The Kier molecular flexibility index (Phi) is 2.83. The highest BCUT2D eigenvalue weighted by Gasteiger charge is 2.59. The molecule has 2 aliphatic rings. The highest BCUT2D eigenvalue weighted by atomic mass is 35.5. The minimum atomic E-state index is -0.262. The van der Waals surface area contributed by atoms with Gasteiger partial charge in [0.2, 0.25) is 5.91 Å². The molecule has 18 heavy (non-hydrogen) atoms. The third-order valence-electron chi connectivity index (χ3n) is 3.77. The van der Waals surface area contributed by atoms with E-state index in [4.69, 9.17) is 11.6 Å². The summed E-state index contributed by atoms with van der Waals surface area (Å²) in [6, 6.07) is 7.77. The first-order chi connectivity index (χ1) is 8.66. The van der Waals surface area contributed by atoms with Crippen LogP contribution in [0.15, 0.2) is 24.3 Å². The monoisotopic (exact) mass is 264 g/mol. The van der Waals surface area contributed by atoms with Crippen molar-refractivity contribution in [2.75, 3.05) is 6.54 Å². The second-order valence-electron chi connectivity index (χ2n) is 5.18. The maximum atomic E-state index is 12.4. The number of hydrogen-bond donors (Lipinski definition) is 1. The molecule has 1 spiro atoms. The maximum absolute atomic E-state index is 12.4. The van der Waals surface area contributed by atoms with Crippen molar-refractivity contribution < 1.29 is 4.79 Å². The molecule has 1 amide bonds. The molecule has 4 heteroatoms. The van der Waals surface area contributed by atoms with Gasteiger partial charge < -0.3 is 4.90 Å². The zero-order valence-electron chi connectivity index (χ0n) is 10.4. The van der Waals surface area contributed by atoms with Crippen molar-refractivity contribution in [2.24, 2.45) is 0 Å². The number of rotatable bonds is 3. The Hall–Kier alpha value is -1.06. The minimum absolute atomic E-state index is 0.0151. The second kappa shape index (κ2) is 4.25. The van der Waals surface area contributed by atoms with Gasteiger partial charge in [-0.3, -0.25) is 10.1 Å². The van der Waals surface area contributed by atoms with E-state index >= 15 is 0 Å². The fourth-order valence-corrected chi connectivity index (χ4v) is 2.89. The van der Waals surface area contributed by atoms with Crippen molar-refractivity contribution in [2.45, 2.75) is 37.9 Å². The molecule has 3 nitrogen and oxygen atoms in total. The van der Waals surface area contributed by atoms with Gasteiger partial charge in [0.25, 0.3) is 0 Å². The lowest BCUT2D eigenvalue weighted by Crippen LogP contribution is -2.32. The van der Waals surface area contributed by atoms with Crippen LogP contribution in [0.2, 0.25) is 5.02 Å². The molecule has 3 rings (SSSR count). The van der Waals surface area contributed by atoms with Gasteiger partial charge in [-0.25, -0.2) is 0 Å². The first-order valence-corrected chi connectivity index (χ1v) is 6.88. The van der Waals surface area contributed by atoms with Crippen LogP contribution in [0.25, 0.3) is 0 Å². The summed E-state index contributed by atoms with van der Waals surface area (Å²) >= 11 is 6.04. The molecule has 1 saturated heterocycles. The van der Waals surface area contributed by atoms with E-state index in [2.05, 4.69) is 12.2 Å². The van der Waals surface area contributed by atoms with E-state index in [1.165, 1.54) is 0 Å². The molecular formula is C14H17ClN2O. The molecule has 0 radical (unpaired) electrons. The highest BCUT2D eigenvalue weighted by molar-refractivity contribution is 6.30. The van der Waals surface area contributed by atoms with Gasteiger partial charge in [0.05, 0.1) is 0 Å². The fourth-order valence-electron chi connectivity index (χ4n) is 2.69. The lowest BCUT2D eigenvalue weighted by molar-refractivity contribution is -0.130. The Bertz CT molecular complexity index is 484. The Balaban J connectivity index is 1.92. The van der Waals surface area contributed by atoms with Gasteiger partial charge in [-0.2, -0.15) is 0 Å². The molecule has 2 fully saturated rings. The predicted octanol–water partition coefficient (Wildman–Crippen LogP) is 2.71. The molecule has 1 heterocycles. The van der Waals surface area contributed by atoms with Gasteiger partial charge >= 0.3 is 0 Å². The molecule has 1 aliphatic heterocycles. The van der Waals surface area contributed by atoms with Gasteiger partial charge in [0.1, 0.15) is 11.7 Å². The van der Waals surface area contributed by atoms with Crippen LogP contribution in [0, 0.1) is 0 Å². The summed E-state index contributed by atoms with van der Waals surface area (Å²) < 4.78 is 0. The van der Waals surface area contributed by atoms with Crippen molar-refractivity contribution in [3.63, 3.8) is 0 Å². The van der Waals surface area contributed by atoms with Crippen LogP contribution >= 0.6 is 11.6 Å². The lowest BCUT2D eigenvalue weighted by Gasteiger charge is -2.24. The molecule has 1 aromatic carbocycles. The van der Waals surface area contributed by atoms with Crippen molar-refractivity contribution in [3.8, 4) is 0 Å². The second-order valence-corrected chi connectivity index (χ2v) is 5.62. The zero-order chi connectivity index (χ0) is 12.8. The number of carbonyl (C=O) groups excluding carboxylic acids is 1. The minimum Gasteiger partial charge on any atom is -0.321 e. The SMILES string of the molecule is CCCN1C(=O)C2(CC2)NC1c1cccc(Cl)c1. The summed E-state index contributed by atoms with van der Waals surface area (Å²) in [6.45, 7) is 2.89. The third-order valence-corrected chi connectivity index (χ3v) is 4.01. The third kappa shape index (κ3) is 1.82. The predicted molar refractivity (Wildman–Crippen MR) is 71.3 cm³/mol. The summed E-state index contributed by atoms with van der Waals surface area (Å²) in [4.78, 5) is 14.3. The molecule has 1 N–H and O–H groups in total. The van der Waals surface area contributed by atoms with E-state index in [9.17, 15) is 4.79 Å². The van der Waals surface area contributed by atoms with Crippen LogP contribution in [-0.2, 0) is 4.79 Å². The topological polar surface area (TPSA) is 32.3 Å². The van der Waals surface area contributed by atoms with Crippen LogP contribution in [-0.4, -0.2) is 22.9 Å². The number of nitrogens with one attached hydrogen (secondary N) is 1. The van der Waals surface area contributed by atoms with E-state index < -0.39 is 0 Å². The van der Waals surface area contributed by atoms with Gasteiger partial charge in [-0.15, -0.1) is 0 Å². The number of halogens is 1. The van der Waals surface area contributed by atoms with Crippen LogP contribution < -0.4 is 5.32 Å². The summed E-state index contributed by atoms with van der Waals surface area (Å²) in [7, 11) is 0. The van der Waals surface area contributed by atoms with E-state index in [1.807, 2.05) is 29.2 Å². The summed E-state index contributed by atoms with van der Waals surface area (Å²) in [5.41, 5.74) is 0.815. The standard InChI is InChI=1S/C14H17ClN2O/c1-2-8-17-12(10-4-3-5-11(15)9-10)16-14(6-7-14)13(17)18/h3-5,9,12,16H,2,6-8H2,1H3. The fraction of sp³-hybridized carbons (Fsp3) is 0.500. The first-order valence-electron chi connectivity index (χ1n) is 6.50. The van der Waals surface area contributed by atoms with Gasteiger partial charge in [0, 0.05) is 11.6 Å². The zero-order valence-corrected chi connectivity index (χ0v) is 11.2. The van der Waals surface area contributed by atoms with Crippen LogP contribution in [0.1, 0.15) is 37.9 Å². The van der Waals surface area contributed by atoms with Crippen molar-refractivity contribution in [1.82, 2.24) is 10.2 Å². The number of carbonyl (C=O) groups is 1. The van der Waals surface area contributed by atoms with E-state index in [0.717, 1.165) is 36.4 Å². The molecule has 1 aromatic rings. The van der Waals surface area contributed by atoms with Gasteiger partial charge in [-0.1, -0.05) is 30.7 Å². The Morgan fingerprint density at radius 2 is 2.28 bits per heavy atom. The molecule has 1 atom stereocenters. The molecule has 1 aliphatic carbocycles. The van der Waals surface area contributed by atoms with Crippen molar-refractivity contribution in [1.29, 1.82) is 0 Å². The van der Waals surface area contributed by atoms with Crippen LogP contribution in [0.5, 0.6) is 0 Å². The molecule has 1 unspecified atom stereocenters. The summed E-state index contributed by atoms with van der Waals surface area (Å²) in [5, 5.41) is 4.20. The van der Waals surface area contributed by atoms with E-state index in [-0.39, 0.29) is 17.6 Å². The normalized spacial score (nSPS) is 24.9. The average molecular weight is 265 g/mol. The summed E-state index contributed by atoms with van der Waals surface area (Å²) in [6.07, 6.45) is 2.88. The van der Waals surface area contributed by atoms with Crippen molar-refractivity contribution >= 4 is 17.5 Å². The highest BCUT2D eigenvalue weighted by Crippen LogP contribution is 2.46. The number of amides is 1. The van der Waals surface area contributed by atoms with E-state index in [1.54, 1.807) is 0 Å². The number of benzene rings is 1. The lowest BCUT2D eigenvalue weighted by atomic mass is 10.1. The Labute approximate surface area is 112 Å². The van der Waals surface area contributed by atoms with E-state index in [0.29, 0.717) is 0 Å². The smallest absolute Gasteiger partial charge is 0.244 e. The van der Waals surface area contributed by atoms with Gasteiger partial charge in [0.15, 0.2) is 0 Å². The van der Waals surface area contributed by atoms with Crippen LogP contribution in [0.3, 0.4) is 0 Å². The summed E-state index contributed by atoms with van der Waals surface area (Å²) in [5.74, 6) is 0.259. The Morgan fingerprint density at radius 1 is 1.50 bits per heavy atom. The molecular weight excluding hydrogens is 248 g/mol. The number of hydrogen-bond acceptors (Lipinski definition) is 2. The molecule has 0 bridgehead atoms. The molecule has 0 aromatic heterocycles. The van der Waals surface area contributed by atoms with Crippen LogP contribution in [0.4, 0.5) is 0 Å².